The molecule has 0 saturated heterocycles. The molecule has 1 N–H and O–H groups in total. The number of methoxy groups -OCH3 is 1. The number of fused-ring (bicyclic) bond motifs is 1. The summed E-state index contributed by atoms with van der Waals surface area (Å²) in [5.74, 6) is 0.652. The Balaban J connectivity index is 2.52. The Kier molecular flexibility index (Phi) is 3.69. The van der Waals surface area contributed by atoms with E-state index in [1.54, 1.807) is 13.3 Å². The normalized spacial score (nSPS) is 10.5. The van der Waals surface area contributed by atoms with Crippen molar-refractivity contribution in [3.63, 3.8) is 0 Å². The molecule has 0 saturated carbocycles. The van der Waals surface area contributed by atoms with Crippen molar-refractivity contribution >= 4 is 28.2 Å². The summed E-state index contributed by atoms with van der Waals surface area (Å²) >= 11 is 6.13. The average Bonchev–Trinajstić information content (AvgIpc) is 2.35. The topological polar surface area (TPSA) is 34.2 Å². The molecule has 1 aromatic heterocycles. The van der Waals surface area contributed by atoms with Crippen molar-refractivity contribution in [1.29, 1.82) is 0 Å². The summed E-state index contributed by atoms with van der Waals surface area (Å²) in [6, 6.07) is 5.70. The molecule has 0 fully saturated rings. The van der Waals surface area contributed by atoms with Crippen LogP contribution >= 0.6 is 11.6 Å². The van der Waals surface area contributed by atoms with Crippen LogP contribution in [0, 0.1) is 0 Å². The number of nitrogens with one attached hydrogen (secondary N) is 1. The summed E-state index contributed by atoms with van der Waals surface area (Å²) in [7, 11) is 1.60. The molecular weight excluding hydrogens is 236 g/mol. The van der Waals surface area contributed by atoms with Gasteiger partial charge in [0.15, 0.2) is 0 Å². The van der Waals surface area contributed by atoms with Crippen molar-refractivity contribution in [3.8, 4) is 5.75 Å². The van der Waals surface area contributed by atoms with Gasteiger partial charge in [-0.05, 0) is 18.6 Å². The second-order valence-corrected chi connectivity index (χ2v) is 4.20. The Morgan fingerprint density at radius 3 is 2.94 bits per heavy atom. The highest BCUT2D eigenvalue weighted by atomic mass is 35.5. The Hall–Kier alpha value is -1.48. The van der Waals surface area contributed by atoms with Gasteiger partial charge < -0.3 is 10.1 Å². The molecule has 4 heteroatoms. The molecule has 17 heavy (non-hydrogen) atoms. The molecule has 3 nitrogen and oxygen atoms in total. The number of rotatable bonds is 4. The van der Waals surface area contributed by atoms with Gasteiger partial charge in [-0.3, -0.25) is 4.98 Å². The Morgan fingerprint density at radius 2 is 2.24 bits per heavy atom. The van der Waals surface area contributed by atoms with Crippen LogP contribution in [0.25, 0.3) is 10.9 Å². The van der Waals surface area contributed by atoms with E-state index >= 15 is 0 Å². The minimum absolute atomic E-state index is 0.604. The number of anilines is 1. The SMILES string of the molecule is CCCNc1ccnc2cc(OC)c(Cl)cc12. The molecule has 0 atom stereocenters. The van der Waals surface area contributed by atoms with E-state index in [2.05, 4.69) is 17.2 Å². The molecule has 2 rings (SSSR count). The summed E-state index contributed by atoms with van der Waals surface area (Å²) in [6.45, 7) is 3.06. The largest absolute Gasteiger partial charge is 0.495 e. The van der Waals surface area contributed by atoms with E-state index in [-0.39, 0.29) is 0 Å². The molecule has 0 aliphatic rings. The monoisotopic (exact) mass is 250 g/mol. The van der Waals surface area contributed by atoms with Crippen LogP contribution in [0.3, 0.4) is 0 Å². The lowest BCUT2D eigenvalue weighted by Gasteiger charge is -2.10. The number of pyridine rings is 1. The number of nitrogens with zero attached hydrogens (tertiary/aromatic N) is 1. The Bertz CT molecular complexity index is 528. The van der Waals surface area contributed by atoms with E-state index < -0.39 is 0 Å². The smallest absolute Gasteiger partial charge is 0.139 e. The van der Waals surface area contributed by atoms with Crippen molar-refractivity contribution in [1.82, 2.24) is 4.98 Å². The number of aromatic nitrogens is 1. The standard InChI is InChI=1S/C13H15ClN2O/c1-3-5-15-11-4-6-16-12-8-13(17-2)10(14)7-9(11)12/h4,6-8H,3,5H2,1-2H3,(H,15,16). The maximum Gasteiger partial charge on any atom is 0.139 e. The zero-order valence-corrected chi connectivity index (χ0v) is 10.7. The van der Waals surface area contributed by atoms with Crippen LogP contribution < -0.4 is 10.1 Å². The second kappa shape index (κ2) is 5.23. The third kappa shape index (κ3) is 2.44. The first kappa shape index (κ1) is 12.0. The molecule has 0 aliphatic carbocycles. The fourth-order valence-electron chi connectivity index (χ4n) is 1.72. The van der Waals surface area contributed by atoms with E-state index in [0.29, 0.717) is 10.8 Å². The van der Waals surface area contributed by atoms with E-state index in [1.165, 1.54) is 0 Å². The maximum absolute atomic E-state index is 6.13. The van der Waals surface area contributed by atoms with Crippen molar-refractivity contribution in [2.24, 2.45) is 0 Å². The van der Waals surface area contributed by atoms with Gasteiger partial charge >= 0.3 is 0 Å². The highest BCUT2D eigenvalue weighted by Gasteiger charge is 2.07. The van der Waals surface area contributed by atoms with Gasteiger partial charge in [0.2, 0.25) is 0 Å². The van der Waals surface area contributed by atoms with Gasteiger partial charge in [0.1, 0.15) is 5.75 Å². The highest BCUT2D eigenvalue weighted by molar-refractivity contribution is 6.33. The van der Waals surface area contributed by atoms with Gasteiger partial charge in [0, 0.05) is 29.9 Å². The van der Waals surface area contributed by atoms with Crippen LogP contribution in [0.1, 0.15) is 13.3 Å². The fourth-order valence-corrected chi connectivity index (χ4v) is 1.96. The van der Waals surface area contributed by atoms with E-state index in [9.17, 15) is 0 Å². The van der Waals surface area contributed by atoms with Crippen LogP contribution in [-0.2, 0) is 0 Å². The summed E-state index contributed by atoms with van der Waals surface area (Å²) in [6.07, 6.45) is 2.86. The van der Waals surface area contributed by atoms with Crippen molar-refractivity contribution in [3.05, 3.63) is 29.4 Å². The summed E-state index contributed by atoms with van der Waals surface area (Å²) in [5.41, 5.74) is 1.94. The van der Waals surface area contributed by atoms with E-state index in [4.69, 9.17) is 16.3 Å². The van der Waals surface area contributed by atoms with Crippen molar-refractivity contribution in [2.75, 3.05) is 19.0 Å². The minimum Gasteiger partial charge on any atom is -0.495 e. The zero-order chi connectivity index (χ0) is 12.3. The first-order valence-electron chi connectivity index (χ1n) is 5.62. The number of benzene rings is 1. The molecule has 0 amide bonds. The summed E-state index contributed by atoms with van der Waals surface area (Å²) < 4.78 is 5.18. The molecule has 90 valence electrons. The zero-order valence-electron chi connectivity index (χ0n) is 9.96. The van der Waals surface area contributed by atoms with Gasteiger partial charge in [0.25, 0.3) is 0 Å². The van der Waals surface area contributed by atoms with Gasteiger partial charge in [-0.15, -0.1) is 0 Å². The van der Waals surface area contributed by atoms with Crippen LogP contribution in [-0.4, -0.2) is 18.6 Å². The molecular formula is C13H15ClN2O. The molecule has 0 radical (unpaired) electrons. The number of hydrogen-bond donors (Lipinski definition) is 1. The average molecular weight is 251 g/mol. The first-order valence-corrected chi connectivity index (χ1v) is 6.00. The molecule has 1 aromatic carbocycles. The molecule has 2 aromatic rings. The number of hydrogen-bond acceptors (Lipinski definition) is 3. The van der Waals surface area contributed by atoms with E-state index in [1.807, 2.05) is 18.2 Å². The summed E-state index contributed by atoms with van der Waals surface area (Å²) in [4.78, 5) is 4.32. The highest BCUT2D eigenvalue weighted by Crippen LogP contribution is 2.32. The lowest BCUT2D eigenvalue weighted by Crippen LogP contribution is -2.00. The molecule has 0 aliphatic heterocycles. The molecule has 1 heterocycles. The molecule has 0 spiro atoms. The first-order chi connectivity index (χ1) is 8.26. The number of ether oxygens (including phenoxy) is 1. The quantitative estimate of drug-likeness (QED) is 0.898. The van der Waals surface area contributed by atoms with Crippen LogP contribution in [0.2, 0.25) is 5.02 Å². The maximum atomic E-state index is 6.13. The van der Waals surface area contributed by atoms with Crippen LogP contribution in [0.15, 0.2) is 24.4 Å². The van der Waals surface area contributed by atoms with Gasteiger partial charge in [-0.2, -0.15) is 0 Å². The van der Waals surface area contributed by atoms with Gasteiger partial charge in [0.05, 0.1) is 17.6 Å². The number of halogens is 1. The molecule has 0 bridgehead atoms. The van der Waals surface area contributed by atoms with Crippen molar-refractivity contribution in [2.45, 2.75) is 13.3 Å². The Morgan fingerprint density at radius 1 is 1.41 bits per heavy atom. The lowest BCUT2D eigenvalue weighted by atomic mass is 10.1. The van der Waals surface area contributed by atoms with Crippen LogP contribution in [0.5, 0.6) is 5.75 Å². The third-order valence-corrected chi connectivity index (χ3v) is 2.88. The summed E-state index contributed by atoms with van der Waals surface area (Å²) in [5, 5.41) is 4.99. The van der Waals surface area contributed by atoms with E-state index in [0.717, 1.165) is 29.6 Å². The van der Waals surface area contributed by atoms with Gasteiger partial charge in [-0.25, -0.2) is 0 Å². The predicted octanol–water partition coefficient (Wildman–Crippen LogP) is 3.72. The lowest BCUT2D eigenvalue weighted by molar-refractivity contribution is 0.415. The third-order valence-electron chi connectivity index (χ3n) is 2.58. The molecule has 0 unspecified atom stereocenters. The van der Waals surface area contributed by atoms with Gasteiger partial charge in [-0.1, -0.05) is 18.5 Å². The van der Waals surface area contributed by atoms with Crippen LogP contribution in [0.4, 0.5) is 5.69 Å². The fraction of sp³-hybridized carbons (Fsp3) is 0.308. The van der Waals surface area contributed by atoms with Crippen molar-refractivity contribution < 1.29 is 4.74 Å². The minimum atomic E-state index is 0.604. The predicted molar refractivity (Wildman–Crippen MR) is 72.1 cm³/mol. The second-order valence-electron chi connectivity index (χ2n) is 3.79. The Labute approximate surface area is 106 Å².